The van der Waals surface area contributed by atoms with Gasteiger partial charge >= 0.3 is 0 Å². The second-order valence-electron chi connectivity index (χ2n) is 3.16. The lowest BCUT2D eigenvalue weighted by atomic mass is 10.4. The van der Waals surface area contributed by atoms with E-state index in [1.165, 1.54) is 12.1 Å². The lowest BCUT2D eigenvalue weighted by Crippen LogP contribution is -2.24. The van der Waals surface area contributed by atoms with Gasteiger partial charge in [0.2, 0.25) is 10.0 Å². The van der Waals surface area contributed by atoms with Crippen LogP contribution in [0.3, 0.4) is 0 Å². The first-order chi connectivity index (χ1) is 7.43. The zero-order valence-electron chi connectivity index (χ0n) is 8.88. The van der Waals surface area contributed by atoms with E-state index < -0.39 is 10.0 Å². The maximum absolute atomic E-state index is 11.7. The fourth-order valence-corrected chi connectivity index (χ4v) is 2.94. The Balaban J connectivity index is 2.71. The molecule has 88 valence electrons. The van der Waals surface area contributed by atoms with E-state index in [4.69, 9.17) is 12.2 Å². The highest BCUT2D eigenvalue weighted by atomic mass is 32.3. The zero-order valence-corrected chi connectivity index (χ0v) is 11.3. The smallest absolute Gasteiger partial charge is 0.250 e. The van der Waals surface area contributed by atoms with E-state index in [1.807, 2.05) is 0 Å². The Bertz CT molecular complexity index is 457. The maximum Gasteiger partial charge on any atom is 0.250 e. The SMILES string of the molecule is CN(C)C(=S)SNS(=O)(=O)c1ccccc1. The van der Waals surface area contributed by atoms with Crippen molar-refractivity contribution >= 4 is 38.5 Å². The van der Waals surface area contributed by atoms with E-state index in [-0.39, 0.29) is 4.90 Å². The summed E-state index contributed by atoms with van der Waals surface area (Å²) in [5.74, 6) is 0. The van der Waals surface area contributed by atoms with Crippen LogP contribution in [-0.2, 0) is 10.0 Å². The first-order valence-electron chi connectivity index (χ1n) is 4.38. The van der Waals surface area contributed by atoms with Gasteiger partial charge in [0.1, 0.15) is 0 Å². The number of hydrogen-bond acceptors (Lipinski definition) is 4. The van der Waals surface area contributed by atoms with Crippen molar-refractivity contribution in [2.24, 2.45) is 0 Å². The van der Waals surface area contributed by atoms with Crippen molar-refractivity contribution in [3.8, 4) is 0 Å². The Kier molecular flexibility index (Phi) is 4.72. The highest BCUT2D eigenvalue weighted by Crippen LogP contribution is 2.12. The second-order valence-corrected chi connectivity index (χ2v) is 6.54. The van der Waals surface area contributed by atoms with Crippen molar-refractivity contribution in [1.29, 1.82) is 0 Å². The van der Waals surface area contributed by atoms with Crippen LogP contribution < -0.4 is 4.13 Å². The first-order valence-corrected chi connectivity index (χ1v) is 7.09. The van der Waals surface area contributed by atoms with Crippen LogP contribution >= 0.6 is 24.2 Å². The summed E-state index contributed by atoms with van der Waals surface area (Å²) in [7, 11) is 0.0221. The van der Waals surface area contributed by atoms with Gasteiger partial charge in [-0.05, 0) is 12.1 Å². The molecule has 0 saturated carbocycles. The van der Waals surface area contributed by atoms with Gasteiger partial charge in [-0.3, -0.25) is 0 Å². The Morgan fingerprint density at radius 3 is 2.38 bits per heavy atom. The van der Waals surface area contributed by atoms with Gasteiger partial charge in [0, 0.05) is 26.0 Å². The molecule has 0 amide bonds. The van der Waals surface area contributed by atoms with Gasteiger partial charge in [-0.15, -0.1) is 4.13 Å². The predicted molar refractivity (Wildman–Crippen MR) is 70.6 cm³/mol. The van der Waals surface area contributed by atoms with Crippen LogP contribution in [0.15, 0.2) is 35.2 Å². The molecule has 7 heteroatoms. The topological polar surface area (TPSA) is 49.4 Å². The molecule has 0 aliphatic rings. The van der Waals surface area contributed by atoms with Gasteiger partial charge in [-0.1, -0.05) is 30.4 Å². The standard InChI is InChI=1S/C9H12N2O2S3/c1-11(2)9(14)15-10-16(12,13)8-6-4-3-5-7-8/h3-7,10H,1-2H3. The minimum atomic E-state index is -3.49. The number of nitrogens with zero attached hydrogens (tertiary/aromatic N) is 1. The molecule has 0 unspecified atom stereocenters. The summed E-state index contributed by atoms with van der Waals surface area (Å²) >= 11 is 5.86. The minimum absolute atomic E-state index is 0.226. The van der Waals surface area contributed by atoms with Crippen LogP contribution in [0.4, 0.5) is 0 Å². The molecule has 0 heterocycles. The molecule has 0 aromatic heterocycles. The van der Waals surface area contributed by atoms with E-state index in [0.29, 0.717) is 4.32 Å². The van der Waals surface area contributed by atoms with Crippen LogP contribution in [0.2, 0.25) is 0 Å². The summed E-state index contributed by atoms with van der Waals surface area (Å²) in [4.78, 5) is 1.89. The van der Waals surface area contributed by atoms with Gasteiger partial charge < -0.3 is 4.90 Å². The Hall–Kier alpha value is -0.630. The molecule has 0 aliphatic carbocycles. The van der Waals surface area contributed by atoms with Crippen molar-refractivity contribution in [1.82, 2.24) is 9.03 Å². The van der Waals surface area contributed by atoms with E-state index in [9.17, 15) is 8.42 Å². The lowest BCUT2D eigenvalue weighted by molar-refractivity contribution is 0.594. The largest absolute Gasteiger partial charge is 0.363 e. The molecule has 0 aliphatic heterocycles. The zero-order chi connectivity index (χ0) is 12.2. The Morgan fingerprint density at radius 1 is 1.31 bits per heavy atom. The third-order valence-corrected chi connectivity index (χ3v) is 4.92. The molecule has 0 bridgehead atoms. The molecule has 0 atom stereocenters. The second kappa shape index (κ2) is 5.62. The van der Waals surface area contributed by atoms with Gasteiger partial charge in [0.05, 0.1) is 4.90 Å². The summed E-state index contributed by atoms with van der Waals surface area (Å²) < 4.78 is 26.3. The molecule has 0 spiro atoms. The van der Waals surface area contributed by atoms with Crippen molar-refractivity contribution in [3.05, 3.63) is 30.3 Å². The average Bonchev–Trinajstić information content (AvgIpc) is 2.27. The number of sulfonamides is 1. The van der Waals surface area contributed by atoms with Crippen molar-refractivity contribution in [2.75, 3.05) is 14.1 Å². The van der Waals surface area contributed by atoms with Gasteiger partial charge in [0.15, 0.2) is 4.32 Å². The molecule has 4 nitrogen and oxygen atoms in total. The maximum atomic E-state index is 11.7. The Morgan fingerprint density at radius 2 is 1.88 bits per heavy atom. The summed E-state index contributed by atoms with van der Waals surface area (Å²) in [6, 6.07) is 8.16. The fraction of sp³-hybridized carbons (Fsp3) is 0.222. The quantitative estimate of drug-likeness (QED) is 0.669. The normalized spacial score (nSPS) is 11.1. The molecule has 1 N–H and O–H groups in total. The highest BCUT2D eigenvalue weighted by Gasteiger charge is 2.14. The molecule has 1 rings (SSSR count). The minimum Gasteiger partial charge on any atom is -0.363 e. The number of benzene rings is 1. The van der Waals surface area contributed by atoms with Crippen LogP contribution in [0.1, 0.15) is 0 Å². The van der Waals surface area contributed by atoms with Crippen LogP contribution in [0.25, 0.3) is 0 Å². The lowest BCUT2D eigenvalue weighted by Gasteiger charge is -2.12. The van der Waals surface area contributed by atoms with Gasteiger partial charge in [-0.25, -0.2) is 8.42 Å². The van der Waals surface area contributed by atoms with Crippen LogP contribution in [0, 0.1) is 0 Å². The van der Waals surface area contributed by atoms with E-state index in [0.717, 1.165) is 11.9 Å². The average molecular weight is 276 g/mol. The number of hydrogen-bond donors (Lipinski definition) is 1. The molecule has 1 aromatic rings. The number of thiocarbonyl (C=S) groups is 1. The van der Waals surface area contributed by atoms with E-state index in [1.54, 1.807) is 37.2 Å². The summed E-state index contributed by atoms with van der Waals surface area (Å²) in [5, 5.41) is 0. The van der Waals surface area contributed by atoms with E-state index >= 15 is 0 Å². The molecular formula is C9H12N2O2S3. The Labute approximate surface area is 105 Å². The number of rotatable bonds is 3. The van der Waals surface area contributed by atoms with E-state index in [2.05, 4.69) is 4.13 Å². The molecular weight excluding hydrogens is 264 g/mol. The van der Waals surface area contributed by atoms with Crippen LogP contribution in [0.5, 0.6) is 0 Å². The summed E-state index contributed by atoms with van der Waals surface area (Å²) in [6.45, 7) is 0. The van der Waals surface area contributed by atoms with Crippen molar-refractivity contribution in [3.63, 3.8) is 0 Å². The molecule has 0 fully saturated rings. The van der Waals surface area contributed by atoms with Crippen LogP contribution in [-0.4, -0.2) is 31.7 Å². The number of nitrogens with one attached hydrogen (secondary N) is 1. The highest BCUT2D eigenvalue weighted by molar-refractivity contribution is 8.26. The molecule has 0 saturated heterocycles. The summed E-state index contributed by atoms with van der Waals surface area (Å²) in [5.41, 5.74) is 0. The van der Waals surface area contributed by atoms with Gasteiger partial charge in [-0.2, -0.15) is 0 Å². The third kappa shape index (κ3) is 3.75. The van der Waals surface area contributed by atoms with Crippen molar-refractivity contribution in [2.45, 2.75) is 4.90 Å². The molecule has 0 radical (unpaired) electrons. The van der Waals surface area contributed by atoms with Crippen molar-refractivity contribution < 1.29 is 8.42 Å². The monoisotopic (exact) mass is 276 g/mol. The molecule has 16 heavy (non-hydrogen) atoms. The third-order valence-electron chi connectivity index (χ3n) is 1.66. The summed E-state index contributed by atoms with van der Waals surface area (Å²) in [6.07, 6.45) is 0. The predicted octanol–water partition coefficient (Wildman–Crippen LogP) is 1.46. The van der Waals surface area contributed by atoms with Gasteiger partial charge in [0.25, 0.3) is 0 Å². The fourth-order valence-electron chi connectivity index (χ4n) is 0.830. The molecule has 1 aromatic carbocycles. The first kappa shape index (κ1) is 13.4.